The van der Waals surface area contributed by atoms with Gasteiger partial charge in [-0.3, -0.25) is 0 Å². The number of aromatic nitrogens is 1. The number of nitrogen functional groups attached to an aromatic ring is 1. The Bertz CT molecular complexity index is 870. The van der Waals surface area contributed by atoms with Crippen LogP contribution in [0.1, 0.15) is 5.56 Å². The summed E-state index contributed by atoms with van der Waals surface area (Å²) >= 11 is 19.1. The van der Waals surface area contributed by atoms with Gasteiger partial charge in [0.15, 0.2) is 3.95 Å². The molecule has 0 aliphatic heterocycles. The smallest absolute Gasteiger partial charge is 0.163 e. The van der Waals surface area contributed by atoms with E-state index in [9.17, 15) is 0 Å². The van der Waals surface area contributed by atoms with Gasteiger partial charge in [0.25, 0.3) is 0 Å². The van der Waals surface area contributed by atoms with Gasteiger partial charge in [-0.15, -0.1) is 11.3 Å². The Kier molecular flexibility index (Phi) is 4.54. The number of halogens is 2. The molecule has 6 heteroatoms. The summed E-state index contributed by atoms with van der Waals surface area (Å²) in [7, 11) is 0. The Morgan fingerprint density at radius 2 is 1.82 bits per heavy atom. The molecular formula is C16H12Cl2N2S2. The number of anilines is 1. The number of nitrogens with zero attached hydrogens (tertiary/aromatic N) is 1. The van der Waals surface area contributed by atoms with E-state index in [-0.39, 0.29) is 0 Å². The minimum absolute atomic E-state index is 0.532. The van der Waals surface area contributed by atoms with E-state index < -0.39 is 0 Å². The molecule has 0 spiro atoms. The maximum atomic E-state index is 6.30. The van der Waals surface area contributed by atoms with Crippen molar-refractivity contribution in [1.82, 2.24) is 4.57 Å². The normalized spacial score (nSPS) is 10.8. The zero-order valence-corrected chi connectivity index (χ0v) is 14.6. The van der Waals surface area contributed by atoms with Gasteiger partial charge in [-0.1, -0.05) is 59.6 Å². The molecule has 2 aromatic carbocycles. The summed E-state index contributed by atoms with van der Waals surface area (Å²) in [6.07, 6.45) is 0. The third-order valence-electron chi connectivity index (χ3n) is 3.31. The van der Waals surface area contributed by atoms with E-state index in [2.05, 4.69) is 0 Å². The van der Waals surface area contributed by atoms with Crippen molar-refractivity contribution in [3.63, 3.8) is 0 Å². The van der Waals surface area contributed by atoms with Crippen molar-refractivity contribution in [3.05, 3.63) is 68.1 Å². The van der Waals surface area contributed by atoms with Crippen molar-refractivity contribution in [2.45, 2.75) is 6.54 Å². The van der Waals surface area contributed by atoms with E-state index in [0.29, 0.717) is 22.4 Å². The van der Waals surface area contributed by atoms with Gasteiger partial charge >= 0.3 is 0 Å². The van der Waals surface area contributed by atoms with Crippen LogP contribution in [0.3, 0.4) is 0 Å². The lowest BCUT2D eigenvalue weighted by Crippen LogP contribution is -2.05. The highest BCUT2D eigenvalue weighted by molar-refractivity contribution is 7.73. The van der Waals surface area contributed by atoms with Gasteiger partial charge in [-0.25, -0.2) is 0 Å². The second kappa shape index (κ2) is 6.42. The Morgan fingerprint density at radius 1 is 1.09 bits per heavy atom. The predicted molar refractivity (Wildman–Crippen MR) is 98.6 cm³/mol. The molecule has 2 nitrogen and oxygen atoms in total. The summed E-state index contributed by atoms with van der Waals surface area (Å²) in [6, 6.07) is 15.4. The van der Waals surface area contributed by atoms with Crippen LogP contribution in [0.2, 0.25) is 10.0 Å². The average molecular weight is 367 g/mol. The van der Waals surface area contributed by atoms with Crippen molar-refractivity contribution >= 4 is 52.6 Å². The molecule has 0 fully saturated rings. The van der Waals surface area contributed by atoms with Gasteiger partial charge in [0, 0.05) is 10.0 Å². The molecule has 22 heavy (non-hydrogen) atoms. The molecule has 2 N–H and O–H groups in total. The van der Waals surface area contributed by atoms with E-state index in [1.165, 1.54) is 11.3 Å². The second-order valence-electron chi connectivity index (χ2n) is 4.77. The standard InChI is InChI=1S/C16H12Cl2N2S2/c17-12-7-6-11(13(18)8-12)9-20-15(19)14(22-16(20)21)10-4-2-1-3-5-10/h1-8H,9,19H2. The Morgan fingerprint density at radius 3 is 2.50 bits per heavy atom. The van der Waals surface area contributed by atoms with Crippen LogP contribution in [-0.4, -0.2) is 4.57 Å². The first-order chi connectivity index (χ1) is 10.6. The van der Waals surface area contributed by atoms with Crippen molar-refractivity contribution in [1.29, 1.82) is 0 Å². The predicted octanol–water partition coefficient (Wildman–Crippen LogP) is 5.88. The number of nitrogens with two attached hydrogens (primary N) is 1. The van der Waals surface area contributed by atoms with Crippen LogP contribution in [0, 0.1) is 3.95 Å². The molecule has 0 saturated heterocycles. The summed E-state index contributed by atoms with van der Waals surface area (Å²) in [6.45, 7) is 0.532. The fraction of sp³-hybridized carbons (Fsp3) is 0.0625. The van der Waals surface area contributed by atoms with Crippen molar-refractivity contribution in [2.75, 3.05) is 5.73 Å². The summed E-state index contributed by atoms with van der Waals surface area (Å²) in [5, 5.41) is 1.22. The van der Waals surface area contributed by atoms with Gasteiger partial charge in [0.05, 0.1) is 11.4 Å². The van der Waals surface area contributed by atoms with Crippen LogP contribution in [0.15, 0.2) is 48.5 Å². The van der Waals surface area contributed by atoms with Gasteiger partial charge < -0.3 is 10.3 Å². The molecule has 0 bridgehead atoms. The first-order valence-corrected chi connectivity index (χ1v) is 8.53. The monoisotopic (exact) mass is 366 g/mol. The minimum atomic E-state index is 0.532. The maximum Gasteiger partial charge on any atom is 0.163 e. The average Bonchev–Trinajstić information content (AvgIpc) is 2.79. The molecule has 1 heterocycles. The van der Waals surface area contributed by atoms with E-state index >= 15 is 0 Å². The van der Waals surface area contributed by atoms with E-state index in [1.807, 2.05) is 47.0 Å². The molecule has 0 aliphatic rings. The summed E-state index contributed by atoms with van der Waals surface area (Å²) in [4.78, 5) is 0.982. The molecule has 3 rings (SSSR count). The number of rotatable bonds is 3. The highest BCUT2D eigenvalue weighted by Gasteiger charge is 2.13. The molecule has 0 unspecified atom stereocenters. The number of thiazole rings is 1. The van der Waals surface area contributed by atoms with Gasteiger partial charge in [0.1, 0.15) is 5.82 Å². The zero-order valence-electron chi connectivity index (χ0n) is 11.4. The van der Waals surface area contributed by atoms with Crippen LogP contribution in [0.25, 0.3) is 10.4 Å². The molecule has 0 saturated carbocycles. The summed E-state index contributed by atoms with van der Waals surface area (Å²) in [5.41, 5.74) is 8.30. The first kappa shape index (κ1) is 15.6. The number of hydrogen-bond donors (Lipinski definition) is 1. The topological polar surface area (TPSA) is 30.9 Å². The fourth-order valence-electron chi connectivity index (χ4n) is 2.18. The molecule has 1 aromatic heterocycles. The Labute approximate surface area is 147 Å². The van der Waals surface area contributed by atoms with Gasteiger partial charge in [-0.05, 0) is 35.5 Å². The third-order valence-corrected chi connectivity index (χ3v) is 5.41. The lowest BCUT2D eigenvalue weighted by molar-refractivity contribution is 0.813. The van der Waals surface area contributed by atoms with Crippen LogP contribution in [0.4, 0.5) is 5.82 Å². The fourth-order valence-corrected chi connectivity index (χ4v) is 3.98. The van der Waals surface area contributed by atoms with E-state index in [0.717, 1.165) is 20.0 Å². The SMILES string of the molecule is Nc1c(-c2ccccc2)sc(=S)n1Cc1ccc(Cl)cc1Cl. The molecule has 3 aromatic rings. The molecule has 0 radical (unpaired) electrons. The van der Waals surface area contributed by atoms with Crippen molar-refractivity contribution in [2.24, 2.45) is 0 Å². The highest BCUT2D eigenvalue weighted by atomic mass is 35.5. The number of benzene rings is 2. The van der Waals surface area contributed by atoms with Crippen LogP contribution >= 0.6 is 46.8 Å². The Hall–Kier alpha value is -1.33. The summed E-state index contributed by atoms with van der Waals surface area (Å²) in [5.74, 6) is 0.659. The van der Waals surface area contributed by atoms with Gasteiger partial charge in [-0.2, -0.15) is 0 Å². The lowest BCUT2D eigenvalue weighted by atomic mass is 10.2. The van der Waals surface area contributed by atoms with Crippen LogP contribution in [-0.2, 0) is 6.54 Å². The second-order valence-corrected chi connectivity index (χ2v) is 7.26. The first-order valence-electron chi connectivity index (χ1n) is 6.54. The molecule has 0 amide bonds. The molecule has 112 valence electrons. The Balaban J connectivity index is 2.02. The lowest BCUT2D eigenvalue weighted by Gasteiger charge is -2.09. The van der Waals surface area contributed by atoms with Gasteiger partial charge in [0.2, 0.25) is 0 Å². The minimum Gasteiger partial charge on any atom is -0.384 e. The molecular weight excluding hydrogens is 355 g/mol. The van der Waals surface area contributed by atoms with E-state index in [4.69, 9.17) is 41.2 Å². The number of hydrogen-bond acceptors (Lipinski definition) is 3. The van der Waals surface area contributed by atoms with Crippen molar-refractivity contribution in [3.8, 4) is 10.4 Å². The quantitative estimate of drug-likeness (QED) is 0.586. The molecule has 0 atom stereocenters. The van der Waals surface area contributed by atoms with E-state index in [1.54, 1.807) is 6.07 Å². The van der Waals surface area contributed by atoms with Crippen LogP contribution < -0.4 is 5.73 Å². The molecule has 0 aliphatic carbocycles. The van der Waals surface area contributed by atoms with Crippen LogP contribution in [0.5, 0.6) is 0 Å². The zero-order chi connectivity index (χ0) is 15.7. The third kappa shape index (κ3) is 3.06. The highest BCUT2D eigenvalue weighted by Crippen LogP contribution is 2.34. The summed E-state index contributed by atoms with van der Waals surface area (Å²) < 4.78 is 2.62. The van der Waals surface area contributed by atoms with Crippen molar-refractivity contribution < 1.29 is 0 Å². The maximum absolute atomic E-state index is 6.30. The largest absolute Gasteiger partial charge is 0.384 e.